The summed E-state index contributed by atoms with van der Waals surface area (Å²) < 4.78 is 5.87. The van der Waals surface area contributed by atoms with E-state index in [-0.39, 0.29) is 17.5 Å². The van der Waals surface area contributed by atoms with Crippen LogP contribution in [0.25, 0.3) is 11.1 Å². The fourth-order valence-electron chi connectivity index (χ4n) is 3.28. The first-order valence-electron chi connectivity index (χ1n) is 8.52. The van der Waals surface area contributed by atoms with Crippen molar-refractivity contribution in [3.63, 3.8) is 0 Å². The van der Waals surface area contributed by atoms with Crippen molar-refractivity contribution >= 4 is 22.9 Å². The largest absolute Gasteiger partial charge is 0.440 e. The van der Waals surface area contributed by atoms with Crippen LogP contribution in [0.15, 0.2) is 47.0 Å². The van der Waals surface area contributed by atoms with E-state index in [9.17, 15) is 9.59 Å². The molecule has 0 saturated carbocycles. The predicted molar refractivity (Wildman–Crippen MR) is 94.6 cm³/mol. The van der Waals surface area contributed by atoms with Gasteiger partial charge in [0.15, 0.2) is 11.5 Å². The van der Waals surface area contributed by atoms with Crippen LogP contribution in [0.4, 0.5) is 0 Å². The summed E-state index contributed by atoms with van der Waals surface area (Å²) in [6.07, 6.45) is 3.20. The number of benzene rings is 1. The summed E-state index contributed by atoms with van der Waals surface area (Å²) in [6.45, 7) is 1.22. The van der Waals surface area contributed by atoms with E-state index in [1.807, 2.05) is 24.3 Å². The fraction of sp³-hybridized carbons (Fsp3) is 0.263. The Morgan fingerprint density at radius 2 is 2.04 bits per heavy atom. The van der Waals surface area contributed by atoms with Gasteiger partial charge >= 0.3 is 0 Å². The molecule has 1 unspecified atom stereocenters. The summed E-state index contributed by atoms with van der Waals surface area (Å²) in [5.41, 5.74) is 7.36. The molecule has 3 heterocycles. The first kappa shape index (κ1) is 16.3. The van der Waals surface area contributed by atoms with Gasteiger partial charge in [0.25, 0.3) is 11.8 Å². The quantitative estimate of drug-likeness (QED) is 0.781. The molecule has 1 atom stereocenters. The Morgan fingerprint density at radius 1 is 1.19 bits per heavy atom. The number of piperidine rings is 1. The molecule has 1 aliphatic rings. The van der Waals surface area contributed by atoms with Gasteiger partial charge in [-0.05, 0) is 37.1 Å². The number of amides is 2. The highest BCUT2D eigenvalue weighted by Crippen LogP contribution is 2.29. The molecule has 26 heavy (non-hydrogen) atoms. The number of carbonyl (C=O) groups excluding carboxylic acids is 2. The molecule has 2 N–H and O–H groups in total. The predicted octanol–water partition coefficient (Wildman–Crippen LogP) is 2.34. The number of oxazole rings is 1. The molecule has 4 rings (SSSR count). The molecule has 0 bridgehead atoms. The summed E-state index contributed by atoms with van der Waals surface area (Å²) in [6, 6.07) is 10.7. The molecule has 7 heteroatoms. The molecular formula is C19H18N4O3. The molecule has 0 radical (unpaired) electrons. The van der Waals surface area contributed by atoms with Gasteiger partial charge in [0.1, 0.15) is 11.2 Å². The van der Waals surface area contributed by atoms with Crippen LogP contribution in [0.3, 0.4) is 0 Å². The van der Waals surface area contributed by atoms with E-state index >= 15 is 0 Å². The lowest BCUT2D eigenvalue weighted by Crippen LogP contribution is -2.39. The number of rotatable bonds is 3. The minimum atomic E-state index is -0.613. The van der Waals surface area contributed by atoms with E-state index in [4.69, 9.17) is 10.2 Å². The molecule has 1 aromatic carbocycles. The Kier molecular flexibility index (Phi) is 4.12. The molecule has 132 valence electrons. The molecule has 1 saturated heterocycles. The van der Waals surface area contributed by atoms with Gasteiger partial charge in [-0.1, -0.05) is 12.1 Å². The van der Waals surface area contributed by atoms with Crippen molar-refractivity contribution < 1.29 is 14.0 Å². The molecule has 0 spiro atoms. The summed E-state index contributed by atoms with van der Waals surface area (Å²) >= 11 is 0. The van der Waals surface area contributed by atoms with Crippen LogP contribution in [0.2, 0.25) is 0 Å². The lowest BCUT2D eigenvalue weighted by atomic mass is 9.97. The summed E-state index contributed by atoms with van der Waals surface area (Å²) in [5, 5.41) is 0. The van der Waals surface area contributed by atoms with Crippen LogP contribution in [-0.2, 0) is 0 Å². The Balaban J connectivity index is 1.52. The molecule has 2 amide bonds. The van der Waals surface area contributed by atoms with Crippen LogP contribution < -0.4 is 5.73 Å². The third kappa shape index (κ3) is 3.03. The van der Waals surface area contributed by atoms with E-state index in [1.54, 1.807) is 11.0 Å². The lowest BCUT2D eigenvalue weighted by Gasteiger charge is -2.31. The second kappa shape index (κ2) is 6.59. The highest BCUT2D eigenvalue weighted by atomic mass is 16.3. The molecule has 0 aliphatic carbocycles. The Hall–Kier alpha value is -3.22. The maximum Gasteiger partial charge on any atom is 0.267 e. The number of fused-ring (bicyclic) bond motifs is 1. The number of hydrogen-bond acceptors (Lipinski definition) is 5. The number of likely N-dealkylation sites (tertiary alicyclic amines) is 1. The highest BCUT2D eigenvalue weighted by Gasteiger charge is 2.28. The maximum absolute atomic E-state index is 12.7. The number of nitrogens with zero attached hydrogens (tertiary/aromatic N) is 3. The smallest absolute Gasteiger partial charge is 0.267 e. The summed E-state index contributed by atoms with van der Waals surface area (Å²) in [5.74, 6) is 0.0104. The Labute approximate surface area is 149 Å². The van der Waals surface area contributed by atoms with Gasteiger partial charge in [0.05, 0.1) is 11.5 Å². The first-order chi connectivity index (χ1) is 12.6. The van der Waals surface area contributed by atoms with Crippen molar-refractivity contribution in [2.75, 3.05) is 13.1 Å². The van der Waals surface area contributed by atoms with Gasteiger partial charge < -0.3 is 15.1 Å². The maximum atomic E-state index is 12.7. The van der Waals surface area contributed by atoms with Crippen LogP contribution in [-0.4, -0.2) is 39.8 Å². The molecule has 1 fully saturated rings. The topological polar surface area (TPSA) is 102 Å². The summed E-state index contributed by atoms with van der Waals surface area (Å²) in [7, 11) is 0. The average Bonchev–Trinajstić information content (AvgIpc) is 3.12. The second-order valence-corrected chi connectivity index (χ2v) is 6.41. The zero-order valence-electron chi connectivity index (χ0n) is 14.1. The molecule has 3 aromatic rings. The van der Waals surface area contributed by atoms with Gasteiger partial charge in [-0.3, -0.25) is 14.6 Å². The number of para-hydroxylation sites is 2. The second-order valence-electron chi connectivity index (χ2n) is 6.41. The molecule has 1 aliphatic heterocycles. The lowest BCUT2D eigenvalue weighted by molar-refractivity contribution is 0.0698. The number of aromatic nitrogens is 2. The van der Waals surface area contributed by atoms with Crippen molar-refractivity contribution in [3.8, 4) is 0 Å². The van der Waals surface area contributed by atoms with E-state index < -0.39 is 5.91 Å². The van der Waals surface area contributed by atoms with Crippen LogP contribution in [0.1, 0.15) is 45.5 Å². The van der Waals surface area contributed by atoms with Crippen molar-refractivity contribution in [3.05, 3.63) is 59.7 Å². The van der Waals surface area contributed by atoms with Gasteiger partial charge in [-0.15, -0.1) is 0 Å². The SMILES string of the molecule is NC(=O)c1ccc(C(=O)N2CCCC(c3nc4ccccc4o3)C2)cn1. The van der Waals surface area contributed by atoms with Crippen molar-refractivity contribution in [1.82, 2.24) is 14.9 Å². The summed E-state index contributed by atoms with van der Waals surface area (Å²) in [4.78, 5) is 34.1. The molecule has 7 nitrogen and oxygen atoms in total. The van der Waals surface area contributed by atoms with Crippen LogP contribution >= 0.6 is 0 Å². The van der Waals surface area contributed by atoms with Crippen LogP contribution in [0.5, 0.6) is 0 Å². The van der Waals surface area contributed by atoms with Gasteiger partial charge in [0.2, 0.25) is 0 Å². The first-order valence-corrected chi connectivity index (χ1v) is 8.52. The monoisotopic (exact) mass is 350 g/mol. The molecular weight excluding hydrogens is 332 g/mol. The van der Waals surface area contributed by atoms with Gasteiger partial charge in [0, 0.05) is 19.3 Å². The average molecular weight is 350 g/mol. The zero-order valence-corrected chi connectivity index (χ0v) is 14.1. The minimum Gasteiger partial charge on any atom is -0.440 e. The van der Waals surface area contributed by atoms with Crippen LogP contribution in [0, 0.1) is 0 Å². The number of primary amides is 1. The minimum absolute atomic E-state index is 0.0675. The third-order valence-corrected chi connectivity index (χ3v) is 4.63. The fourth-order valence-corrected chi connectivity index (χ4v) is 3.28. The van der Waals surface area contributed by atoms with Crippen molar-refractivity contribution in [2.24, 2.45) is 5.73 Å². The number of carbonyl (C=O) groups is 2. The van der Waals surface area contributed by atoms with E-state index in [0.29, 0.717) is 24.5 Å². The number of nitrogens with two attached hydrogens (primary N) is 1. The third-order valence-electron chi connectivity index (χ3n) is 4.63. The van der Waals surface area contributed by atoms with Gasteiger partial charge in [-0.2, -0.15) is 0 Å². The Bertz CT molecular complexity index is 931. The van der Waals surface area contributed by atoms with Crippen molar-refractivity contribution in [2.45, 2.75) is 18.8 Å². The van der Waals surface area contributed by atoms with E-state index in [0.717, 1.165) is 23.9 Å². The van der Waals surface area contributed by atoms with E-state index in [2.05, 4.69) is 9.97 Å². The Morgan fingerprint density at radius 3 is 2.77 bits per heavy atom. The number of hydrogen-bond donors (Lipinski definition) is 1. The standard InChI is InChI=1S/C19H18N4O3/c20-17(24)15-8-7-12(10-21-15)19(25)23-9-3-4-13(11-23)18-22-14-5-1-2-6-16(14)26-18/h1-2,5-8,10,13H,3-4,9,11H2,(H2,20,24). The zero-order chi connectivity index (χ0) is 18.1. The normalized spacial score (nSPS) is 17.4. The van der Waals surface area contributed by atoms with Crippen molar-refractivity contribution in [1.29, 1.82) is 0 Å². The number of pyridine rings is 1. The molecule has 2 aromatic heterocycles. The van der Waals surface area contributed by atoms with Gasteiger partial charge in [-0.25, -0.2) is 4.98 Å². The van der Waals surface area contributed by atoms with E-state index in [1.165, 1.54) is 12.3 Å². The highest BCUT2D eigenvalue weighted by molar-refractivity contribution is 5.95.